The summed E-state index contributed by atoms with van der Waals surface area (Å²) >= 11 is 0. The Morgan fingerprint density at radius 1 is 0.952 bits per heavy atom. The van der Waals surface area contributed by atoms with Crippen molar-refractivity contribution in [2.24, 2.45) is 0 Å². The zero-order valence-electron chi connectivity index (χ0n) is 16.0. The number of rotatable bonds is 6. The zero-order chi connectivity index (χ0) is 17.4. The minimum Gasteiger partial charge on any atom is -0.478 e. The average molecular weight is 345 g/mol. The number of carboxylic acid groups (broad SMARTS) is 1. The van der Waals surface area contributed by atoms with Gasteiger partial charge < -0.3 is 5.11 Å². The molecule has 0 aliphatic rings. The van der Waals surface area contributed by atoms with Crippen molar-refractivity contribution in [3.8, 4) is 0 Å². The van der Waals surface area contributed by atoms with E-state index in [2.05, 4.69) is 71.9 Å². The first-order valence-corrected chi connectivity index (χ1v) is 18.5. The largest absolute Gasteiger partial charge is 0.478 e. The normalized spacial score (nSPS) is 16.8. The number of allylic oxidation sites excluding steroid dienone is 1. The molecule has 21 heavy (non-hydrogen) atoms. The maximum Gasteiger partial charge on any atom is 0.330 e. The molecule has 1 atom stereocenters. The highest BCUT2D eigenvalue weighted by Crippen LogP contribution is 2.60. The summed E-state index contributed by atoms with van der Waals surface area (Å²) in [5.74, 6) is -0.765. The maximum atomic E-state index is 11.5. The van der Waals surface area contributed by atoms with Crippen molar-refractivity contribution in [2.75, 3.05) is 0 Å². The highest BCUT2D eigenvalue weighted by Gasteiger charge is 2.57. The summed E-state index contributed by atoms with van der Waals surface area (Å²) in [5.41, 5.74) is 1.13. The molecule has 5 heteroatoms. The average Bonchev–Trinajstić information content (AvgIpc) is 2.19. The van der Waals surface area contributed by atoms with Crippen molar-refractivity contribution in [1.29, 1.82) is 0 Å². The van der Waals surface area contributed by atoms with Crippen molar-refractivity contribution in [1.82, 2.24) is 0 Å². The van der Waals surface area contributed by atoms with E-state index in [1.54, 1.807) is 6.92 Å². The van der Waals surface area contributed by atoms with E-state index in [9.17, 15) is 9.90 Å². The fourth-order valence-electron chi connectivity index (χ4n) is 4.07. The van der Waals surface area contributed by atoms with Gasteiger partial charge in [0.1, 0.15) is 0 Å². The summed E-state index contributed by atoms with van der Waals surface area (Å²) in [6.07, 6.45) is 2.19. The van der Waals surface area contributed by atoms with Gasteiger partial charge in [0.2, 0.25) is 0 Å². The molecular formula is C16H36O2Si3. The van der Waals surface area contributed by atoms with E-state index < -0.39 is 30.2 Å². The SMILES string of the molecule is CC(=CC(C(C)[Si](C)(C)C)([Si](C)(C)C)[Si](C)(C)C)C(=O)O. The Hall–Kier alpha value is -0.139. The summed E-state index contributed by atoms with van der Waals surface area (Å²) in [7, 11) is -4.58. The molecule has 1 unspecified atom stereocenters. The first-order chi connectivity index (χ1) is 8.98. The van der Waals surface area contributed by atoms with Gasteiger partial charge >= 0.3 is 5.97 Å². The minimum absolute atomic E-state index is 0.118. The van der Waals surface area contributed by atoms with Crippen LogP contribution in [-0.4, -0.2) is 35.3 Å². The molecule has 0 heterocycles. The highest BCUT2D eigenvalue weighted by molar-refractivity contribution is 7.01. The van der Waals surface area contributed by atoms with E-state index in [1.807, 2.05) is 0 Å². The molecule has 1 N–H and O–H groups in total. The Labute approximate surface area is 135 Å². The third-order valence-electron chi connectivity index (χ3n) is 5.25. The minimum atomic E-state index is -1.60. The first kappa shape index (κ1) is 20.9. The molecule has 0 radical (unpaired) electrons. The number of aliphatic carboxylic acids is 1. The number of hydrogen-bond acceptors (Lipinski definition) is 1. The molecular weight excluding hydrogens is 308 g/mol. The van der Waals surface area contributed by atoms with Crippen LogP contribution in [0.25, 0.3) is 0 Å². The molecule has 124 valence electrons. The third kappa shape index (κ3) is 4.20. The van der Waals surface area contributed by atoms with E-state index in [0.29, 0.717) is 11.1 Å². The van der Waals surface area contributed by atoms with E-state index in [0.717, 1.165) is 0 Å². The van der Waals surface area contributed by atoms with Crippen LogP contribution in [0.15, 0.2) is 11.6 Å². The van der Waals surface area contributed by atoms with Crippen molar-refractivity contribution in [2.45, 2.75) is 83.0 Å². The Morgan fingerprint density at radius 3 is 1.48 bits per heavy atom. The van der Waals surface area contributed by atoms with Gasteiger partial charge in [-0.15, -0.1) is 0 Å². The predicted molar refractivity (Wildman–Crippen MR) is 104 cm³/mol. The topological polar surface area (TPSA) is 37.3 Å². The van der Waals surface area contributed by atoms with E-state index in [4.69, 9.17) is 0 Å². The summed E-state index contributed by atoms with van der Waals surface area (Å²) in [6.45, 7) is 26.0. The Morgan fingerprint density at radius 2 is 1.29 bits per heavy atom. The molecule has 0 fully saturated rings. The second-order valence-electron chi connectivity index (χ2n) is 9.59. The maximum absolute atomic E-state index is 11.5. The molecule has 0 saturated carbocycles. The van der Waals surface area contributed by atoms with Crippen LogP contribution in [0.5, 0.6) is 0 Å². The van der Waals surface area contributed by atoms with Crippen LogP contribution in [-0.2, 0) is 4.79 Å². The molecule has 2 nitrogen and oxygen atoms in total. The van der Waals surface area contributed by atoms with Gasteiger partial charge in [0.25, 0.3) is 0 Å². The van der Waals surface area contributed by atoms with Crippen LogP contribution in [0.2, 0.25) is 69.1 Å². The zero-order valence-corrected chi connectivity index (χ0v) is 19.0. The fourth-order valence-corrected chi connectivity index (χ4v) is 23.6. The Bertz CT molecular complexity index is 406. The second kappa shape index (κ2) is 6.16. The summed E-state index contributed by atoms with van der Waals surface area (Å²) < 4.78 is 0.118. The van der Waals surface area contributed by atoms with Gasteiger partial charge in [-0.25, -0.2) is 4.79 Å². The van der Waals surface area contributed by atoms with Crippen molar-refractivity contribution in [3.05, 3.63) is 11.6 Å². The smallest absolute Gasteiger partial charge is 0.330 e. The van der Waals surface area contributed by atoms with E-state index in [1.165, 1.54) is 0 Å². The third-order valence-corrected chi connectivity index (χ3v) is 19.5. The first-order valence-electron chi connectivity index (χ1n) is 7.91. The molecule has 0 aromatic rings. The van der Waals surface area contributed by atoms with Crippen LogP contribution in [0.3, 0.4) is 0 Å². The molecule has 0 bridgehead atoms. The lowest BCUT2D eigenvalue weighted by atomic mass is 10.2. The molecule has 0 saturated heterocycles. The standard InChI is InChI=1S/C16H36O2Si3/c1-13(15(17)18)12-16(20(6,7)8,21(9,10)11)14(2)19(3,4)5/h12,14H,1-11H3,(H,17,18). The van der Waals surface area contributed by atoms with E-state index in [-0.39, 0.29) is 4.66 Å². The highest BCUT2D eigenvalue weighted by atomic mass is 28.4. The molecule has 0 rings (SSSR count). The predicted octanol–water partition coefficient (Wildman–Crippen LogP) is 5.70. The van der Waals surface area contributed by atoms with Crippen LogP contribution in [0.4, 0.5) is 0 Å². The molecule has 0 aromatic heterocycles. The fraction of sp³-hybridized carbons (Fsp3) is 0.812. The van der Waals surface area contributed by atoms with Crippen molar-refractivity contribution >= 4 is 30.2 Å². The lowest BCUT2D eigenvalue weighted by molar-refractivity contribution is -0.132. The Kier molecular flexibility index (Phi) is 6.12. The van der Waals surface area contributed by atoms with Gasteiger partial charge in [-0.1, -0.05) is 71.9 Å². The van der Waals surface area contributed by atoms with Crippen molar-refractivity contribution in [3.63, 3.8) is 0 Å². The van der Waals surface area contributed by atoms with Gasteiger partial charge in [0, 0.05) is 13.6 Å². The van der Waals surface area contributed by atoms with Crippen LogP contribution < -0.4 is 0 Å². The number of carbonyl (C=O) groups is 1. The molecule has 0 aliphatic heterocycles. The summed E-state index contributed by atoms with van der Waals surface area (Å²) in [6, 6.07) is 0. The molecule has 0 aliphatic carbocycles. The van der Waals surface area contributed by atoms with Gasteiger partial charge in [-0.05, 0) is 17.1 Å². The van der Waals surface area contributed by atoms with Gasteiger partial charge in [0.05, 0.1) is 16.1 Å². The summed E-state index contributed by atoms with van der Waals surface area (Å²) in [5, 5.41) is 9.44. The number of carboxylic acids is 1. The number of hydrogen-bond donors (Lipinski definition) is 1. The van der Waals surface area contributed by atoms with Gasteiger partial charge in [0.15, 0.2) is 0 Å². The van der Waals surface area contributed by atoms with Gasteiger partial charge in [-0.2, -0.15) is 0 Å². The molecule has 0 aromatic carbocycles. The van der Waals surface area contributed by atoms with Crippen molar-refractivity contribution < 1.29 is 9.90 Å². The summed E-state index contributed by atoms with van der Waals surface area (Å²) in [4.78, 5) is 11.5. The van der Waals surface area contributed by atoms with Gasteiger partial charge in [-0.3, -0.25) is 0 Å². The van der Waals surface area contributed by atoms with Crippen LogP contribution in [0.1, 0.15) is 13.8 Å². The van der Waals surface area contributed by atoms with Crippen LogP contribution in [0, 0.1) is 0 Å². The lowest BCUT2D eigenvalue weighted by Crippen LogP contribution is -2.59. The molecule has 0 spiro atoms. The van der Waals surface area contributed by atoms with E-state index >= 15 is 0 Å². The van der Waals surface area contributed by atoms with Crippen LogP contribution >= 0.6 is 0 Å². The quantitative estimate of drug-likeness (QED) is 0.495. The lowest BCUT2D eigenvalue weighted by Gasteiger charge is -2.57. The Balaban J connectivity index is 6.59. The second-order valence-corrected chi connectivity index (χ2v) is 26.3. The monoisotopic (exact) mass is 344 g/mol. The molecule has 0 amide bonds.